The smallest absolute Gasteiger partial charge is 0.253 e. The number of nitrogens with one attached hydrogen (secondary N) is 3. The molecule has 4 aromatic rings. The van der Waals surface area contributed by atoms with Crippen LogP contribution in [-0.4, -0.2) is 130 Å². The Bertz CT molecular complexity index is 2650. The SMILES string of the molecule is Cc1ncsc1-c1ccc([C@H](C)NC(=O)[C@H]2C[C@@H](O)CN2C(=O)[C@@H](NC(=O)CO[C@H]2C[C@@H](N3CCN(c4ccc(C(=O)N[C@H]5C(C)(C)[C@H](Oc6ccc(C#N)c(Cl)c6)C5(C)C)cn4)CC3)C2)C(C)(C)C)cc1. The molecule has 18 heteroatoms. The molecule has 72 heavy (non-hydrogen) atoms. The molecule has 2 aliphatic heterocycles. The summed E-state index contributed by atoms with van der Waals surface area (Å²) in [5, 5.41) is 29.5. The van der Waals surface area contributed by atoms with Gasteiger partial charge in [0.1, 0.15) is 42.4 Å². The molecule has 4 N–H and O–H groups in total. The van der Waals surface area contributed by atoms with Crippen molar-refractivity contribution < 1.29 is 33.8 Å². The number of anilines is 1. The minimum absolute atomic E-state index is 0.0103. The monoisotopic (exact) mass is 1020 g/mol. The van der Waals surface area contributed by atoms with Gasteiger partial charge in [-0.2, -0.15) is 5.26 Å². The second kappa shape index (κ2) is 21.1. The van der Waals surface area contributed by atoms with Gasteiger partial charge in [0.25, 0.3) is 5.91 Å². The van der Waals surface area contributed by atoms with Crippen molar-refractivity contribution in [3.8, 4) is 22.3 Å². The number of halogens is 1. The fourth-order valence-electron chi connectivity index (χ4n) is 11.2. The van der Waals surface area contributed by atoms with Gasteiger partial charge in [0.15, 0.2) is 0 Å². The maximum atomic E-state index is 14.2. The Hall–Kier alpha value is -5.64. The summed E-state index contributed by atoms with van der Waals surface area (Å²) in [5.41, 5.74) is 4.13. The number of carbonyl (C=O) groups excluding carboxylic acids is 4. The molecule has 4 atom stereocenters. The van der Waals surface area contributed by atoms with Crippen LogP contribution in [0, 0.1) is 34.5 Å². The number of nitrogens with zero attached hydrogens (tertiary/aromatic N) is 6. The van der Waals surface area contributed by atoms with E-state index in [1.807, 2.05) is 76.5 Å². The van der Waals surface area contributed by atoms with Crippen LogP contribution in [0.5, 0.6) is 5.75 Å². The van der Waals surface area contributed by atoms with Crippen LogP contribution in [0.4, 0.5) is 5.82 Å². The zero-order valence-corrected chi connectivity index (χ0v) is 44.3. The number of benzene rings is 2. The summed E-state index contributed by atoms with van der Waals surface area (Å²) >= 11 is 7.84. The molecule has 384 valence electrons. The average molecular weight is 1020 g/mol. The summed E-state index contributed by atoms with van der Waals surface area (Å²) in [6.07, 6.45) is 2.14. The van der Waals surface area contributed by atoms with Crippen LogP contribution in [0.25, 0.3) is 10.4 Å². The van der Waals surface area contributed by atoms with Gasteiger partial charge in [0.2, 0.25) is 17.7 Å². The molecule has 4 fully saturated rings. The predicted molar refractivity (Wildman–Crippen MR) is 277 cm³/mol. The summed E-state index contributed by atoms with van der Waals surface area (Å²) in [6, 6.07) is 16.8. The highest BCUT2D eigenvalue weighted by atomic mass is 35.5. The maximum absolute atomic E-state index is 14.2. The van der Waals surface area contributed by atoms with Crippen LogP contribution in [-0.2, 0) is 19.1 Å². The van der Waals surface area contributed by atoms with E-state index in [-0.39, 0.29) is 55.7 Å². The van der Waals surface area contributed by atoms with Crippen LogP contribution >= 0.6 is 22.9 Å². The number of hydrogen-bond donors (Lipinski definition) is 4. The lowest BCUT2D eigenvalue weighted by Crippen LogP contribution is -2.74. The first-order valence-electron chi connectivity index (χ1n) is 24.9. The topological polar surface area (TPSA) is 202 Å². The number of aliphatic hydroxyl groups excluding tert-OH is 1. The average Bonchev–Trinajstić information content (AvgIpc) is 3.95. The third-order valence-corrected chi connectivity index (χ3v) is 16.5. The van der Waals surface area contributed by atoms with Gasteiger partial charge in [-0.15, -0.1) is 11.3 Å². The zero-order valence-electron chi connectivity index (χ0n) is 42.7. The Morgan fingerprint density at radius 2 is 1.65 bits per heavy atom. The second-order valence-corrected chi connectivity index (χ2v) is 23.4. The van der Waals surface area contributed by atoms with Gasteiger partial charge in [0.05, 0.1) is 50.5 Å². The highest BCUT2D eigenvalue weighted by Gasteiger charge is 2.64. The van der Waals surface area contributed by atoms with Crippen LogP contribution in [0.3, 0.4) is 0 Å². The largest absolute Gasteiger partial charge is 0.489 e. The quantitative estimate of drug-likeness (QED) is 0.0985. The molecule has 0 radical (unpaired) electrons. The number of carbonyl (C=O) groups is 4. The molecule has 8 rings (SSSR count). The number of rotatable bonds is 15. The van der Waals surface area contributed by atoms with Gasteiger partial charge >= 0.3 is 0 Å². The Labute approximate surface area is 431 Å². The Morgan fingerprint density at radius 1 is 0.958 bits per heavy atom. The van der Waals surface area contributed by atoms with E-state index in [9.17, 15) is 29.5 Å². The molecule has 4 heterocycles. The summed E-state index contributed by atoms with van der Waals surface area (Å²) in [5.74, 6) is -0.00283. The highest BCUT2D eigenvalue weighted by molar-refractivity contribution is 7.13. The van der Waals surface area contributed by atoms with Gasteiger partial charge in [-0.1, -0.05) is 84.3 Å². The first-order valence-corrected chi connectivity index (χ1v) is 26.1. The zero-order chi connectivity index (χ0) is 51.9. The minimum atomic E-state index is -0.952. The van der Waals surface area contributed by atoms with Crippen molar-refractivity contribution in [2.45, 2.75) is 130 Å². The molecular weight excluding hydrogens is 954 g/mol. The van der Waals surface area contributed by atoms with Gasteiger partial charge < -0.3 is 40.3 Å². The molecule has 4 aliphatic rings. The fourth-order valence-corrected chi connectivity index (χ4v) is 12.2. The number of aromatic nitrogens is 2. The standard InChI is InChI=1S/C54H68ClN9O7S/c1-31(33-10-12-34(13-11-33)45-32(2)58-30-72-45)59-48(68)42-24-38(65)28-64(42)49(69)46(52(3,4)5)60-44(66)29-70-40-22-37(23-40)62-18-20-63(21-19-62)43-17-15-36(27-57-43)47(67)61-50-53(6,7)51(54(50,8)9)71-39-16-14-35(26-56)41(55)25-39/h10-17,25,27,30-31,37-38,40,42,46,50-51,65H,18-24,28-29H2,1-9H3,(H,59,68)(H,60,66)(H,61,67)/t31-,37-,38+,40+,42+,46+,50-,51-/m0/s1. The first-order chi connectivity index (χ1) is 34.0. The van der Waals surface area contributed by atoms with Crippen molar-refractivity contribution in [1.29, 1.82) is 5.26 Å². The van der Waals surface area contributed by atoms with E-state index in [0.29, 0.717) is 27.9 Å². The molecule has 2 saturated carbocycles. The first kappa shape index (κ1) is 52.7. The number of nitriles is 1. The number of ether oxygens (including phenoxy) is 2. The van der Waals surface area contributed by atoms with Crippen LogP contribution in [0.2, 0.25) is 5.02 Å². The Balaban J connectivity index is 0.759. The minimum Gasteiger partial charge on any atom is -0.489 e. The second-order valence-electron chi connectivity index (χ2n) is 22.2. The molecule has 2 aliphatic carbocycles. The molecular formula is C54H68ClN9O7S. The van der Waals surface area contributed by atoms with E-state index in [0.717, 1.165) is 66.5 Å². The number of hydrogen-bond acceptors (Lipinski definition) is 13. The third-order valence-electron chi connectivity index (χ3n) is 15.2. The molecule has 16 nitrogen and oxygen atoms in total. The number of thiazole rings is 1. The predicted octanol–water partition coefficient (Wildman–Crippen LogP) is 6.69. The molecule has 0 bridgehead atoms. The van der Waals surface area contributed by atoms with E-state index in [1.165, 1.54) is 4.90 Å². The number of piperazine rings is 1. The van der Waals surface area contributed by atoms with Crippen molar-refractivity contribution in [3.05, 3.63) is 93.7 Å². The highest BCUT2D eigenvalue weighted by Crippen LogP contribution is 2.55. The van der Waals surface area contributed by atoms with E-state index < -0.39 is 46.2 Å². The van der Waals surface area contributed by atoms with Gasteiger partial charge in [-0.25, -0.2) is 9.97 Å². The molecule has 0 spiro atoms. The van der Waals surface area contributed by atoms with Gasteiger partial charge in [0, 0.05) is 74.3 Å². The summed E-state index contributed by atoms with van der Waals surface area (Å²) < 4.78 is 12.4. The van der Waals surface area contributed by atoms with E-state index in [2.05, 4.69) is 69.5 Å². The van der Waals surface area contributed by atoms with Crippen molar-refractivity contribution in [1.82, 2.24) is 35.7 Å². The molecule has 2 aromatic carbocycles. The van der Waals surface area contributed by atoms with Crippen molar-refractivity contribution in [2.75, 3.05) is 44.2 Å². The summed E-state index contributed by atoms with van der Waals surface area (Å²) in [7, 11) is 0. The van der Waals surface area contributed by atoms with Crippen LogP contribution in [0.1, 0.15) is 108 Å². The number of pyridine rings is 1. The molecule has 0 unspecified atom stereocenters. The molecule has 2 saturated heterocycles. The van der Waals surface area contributed by atoms with E-state index in [1.54, 1.807) is 35.7 Å². The Kier molecular flexibility index (Phi) is 15.4. The molecule has 4 amide bonds. The van der Waals surface area contributed by atoms with Crippen molar-refractivity contribution >= 4 is 52.4 Å². The lowest BCUT2D eigenvalue weighted by atomic mass is 9.49. The van der Waals surface area contributed by atoms with Crippen molar-refractivity contribution in [2.24, 2.45) is 16.2 Å². The van der Waals surface area contributed by atoms with Gasteiger partial charge in [-0.3, -0.25) is 24.1 Å². The molecule has 2 aromatic heterocycles. The normalized spacial score (nSPS) is 24.5. The number of likely N-dealkylation sites (tertiary alicyclic amines) is 1. The van der Waals surface area contributed by atoms with E-state index >= 15 is 0 Å². The number of aryl methyl sites for hydroxylation is 1. The van der Waals surface area contributed by atoms with Crippen molar-refractivity contribution in [3.63, 3.8) is 0 Å². The maximum Gasteiger partial charge on any atom is 0.253 e. The van der Waals surface area contributed by atoms with Gasteiger partial charge in [-0.05, 0) is 67.5 Å². The third kappa shape index (κ3) is 11.1. The fraction of sp³-hybridized carbons (Fsp3) is 0.537. The number of amides is 4. The Morgan fingerprint density at radius 3 is 2.25 bits per heavy atom. The van der Waals surface area contributed by atoms with Crippen LogP contribution in [0.15, 0.2) is 66.3 Å². The van der Waals surface area contributed by atoms with E-state index in [4.69, 9.17) is 21.1 Å². The lowest BCUT2D eigenvalue weighted by Gasteiger charge is -2.63. The lowest BCUT2D eigenvalue weighted by molar-refractivity contribution is -0.164. The summed E-state index contributed by atoms with van der Waals surface area (Å²) in [4.78, 5) is 71.0. The van der Waals surface area contributed by atoms with Crippen LogP contribution < -0.4 is 25.6 Å². The number of aliphatic hydroxyl groups is 1. The summed E-state index contributed by atoms with van der Waals surface area (Å²) in [6.45, 7) is 20.8. The number of β-amino-alcohol motifs (C(OH)–C–C–N with tert-alkyl or cyclic N) is 1.